The van der Waals surface area contributed by atoms with Gasteiger partial charge >= 0.3 is 0 Å². The van der Waals surface area contributed by atoms with Gasteiger partial charge in [-0.3, -0.25) is 0 Å². The number of benzene rings is 1. The van der Waals surface area contributed by atoms with Crippen LogP contribution in [0.4, 0.5) is 10.2 Å². The molecule has 0 atom stereocenters. The first-order chi connectivity index (χ1) is 9.58. The lowest BCUT2D eigenvalue weighted by Gasteiger charge is -2.09. The van der Waals surface area contributed by atoms with Crippen LogP contribution in [0.25, 0.3) is 0 Å². The van der Waals surface area contributed by atoms with Gasteiger partial charge in [0.25, 0.3) is 0 Å². The van der Waals surface area contributed by atoms with E-state index in [1.54, 1.807) is 6.07 Å². The van der Waals surface area contributed by atoms with Gasteiger partial charge in [0, 0.05) is 23.5 Å². The molecule has 0 amide bonds. The first-order valence-electron chi connectivity index (χ1n) is 6.29. The minimum Gasteiger partial charge on any atom is -0.366 e. The van der Waals surface area contributed by atoms with Gasteiger partial charge in [-0.2, -0.15) is 0 Å². The predicted molar refractivity (Wildman–Crippen MR) is 85.2 cm³/mol. The van der Waals surface area contributed by atoms with E-state index in [4.69, 9.17) is 0 Å². The number of aryl methyl sites for hydroxylation is 1. The van der Waals surface area contributed by atoms with E-state index in [1.807, 2.05) is 6.07 Å². The number of anilines is 1. The lowest BCUT2D eigenvalue weighted by atomic mass is 10.2. The predicted octanol–water partition coefficient (Wildman–Crippen LogP) is 4.71. The quantitative estimate of drug-likeness (QED) is 0.736. The lowest BCUT2D eigenvalue weighted by Crippen LogP contribution is -2.05. The highest BCUT2D eigenvalue weighted by Crippen LogP contribution is 2.20. The average Bonchev–Trinajstić information content (AvgIpc) is 2.40. The van der Waals surface area contributed by atoms with Gasteiger partial charge in [-0.05, 0) is 46.1 Å². The molecule has 1 N–H and O–H groups in total. The van der Waals surface area contributed by atoms with E-state index in [9.17, 15) is 4.39 Å². The van der Waals surface area contributed by atoms with E-state index in [2.05, 4.69) is 54.1 Å². The molecular weight excluding hydrogens is 389 g/mol. The topological polar surface area (TPSA) is 37.8 Å². The lowest BCUT2D eigenvalue weighted by molar-refractivity contribution is 0.625. The summed E-state index contributed by atoms with van der Waals surface area (Å²) in [7, 11) is 0. The zero-order valence-electron chi connectivity index (χ0n) is 11.0. The third kappa shape index (κ3) is 4.24. The van der Waals surface area contributed by atoms with Crippen molar-refractivity contribution in [2.24, 2.45) is 0 Å². The Kier molecular flexibility index (Phi) is 5.48. The summed E-state index contributed by atoms with van der Waals surface area (Å²) in [5, 5.41) is 3.19. The number of aromatic nitrogens is 2. The van der Waals surface area contributed by atoms with Crippen molar-refractivity contribution in [3.63, 3.8) is 0 Å². The van der Waals surface area contributed by atoms with E-state index in [-0.39, 0.29) is 5.82 Å². The van der Waals surface area contributed by atoms with E-state index < -0.39 is 0 Å². The second-order valence-electron chi connectivity index (χ2n) is 4.33. The number of nitrogens with zero attached hydrogens (tertiary/aromatic N) is 2. The van der Waals surface area contributed by atoms with Crippen molar-refractivity contribution in [3.8, 4) is 0 Å². The van der Waals surface area contributed by atoms with Crippen LogP contribution in [0, 0.1) is 5.82 Å². The molecule has 0 fully saturated rings. The van der Waals surface area contributed by atoms with Crippen molar-refractivity contribution in [2.45, 2.75) is 26.3 Å². The number of rotatable bonds is 5. The summed E-state index contributed by atoms with van der Waals surface area (Å²) in [6.45, 7) is 2.58. The van der Waals surface area contributed by atoms with Crippen LogP contribution in [0.1, 0.15) is 24.7 Å². The van der Waals surface area contributed by atoms with E-state index >= 15 is 0 Å². The molecule has 0 aliphatic heterocycles. The first-order valence-corrected chi connectivity index (χ1v) is 7.88. The summed E-state index contributed by atoms with van der Waals surface area (Å²) in [5.74, 6) is 1.27. The summed E-state index contributed by atoms with van der Waals surface area (Å²) in [6.07, 6.45) is 1.82. The molecule has 0 bridgehead atoms. The zero-order valence-corrected chi connectivity index (χ0v) is 14.1. The monoisotopic (exact) mass is 401 g/mol. The van der Waals surface area contributed by atoms with Crippen LogP contribution in [-0.2, 0) is 13.0 Å². The van der Waals surface area contributed by atoms with Crippen LogP contribution in [0.2, 0.25) is 0 Å². The Hall–Kier alpha value is -1.01. The van der Waals surface area contributed by atoms with Crippen molar-refractivity contribution >= 4 is 37.7 Å². The fourth-order valence-corrected chi connectivity index (χ4v) is 2.56. The number of nitrogens with one attached hydrogen (secondary N) is 1. The third-order valence-corrected chi connectivity index (χ3v) is 3.86. The summed E-state index contributed by atoms with van der Waals surface area (Å²) in [6, 6.07) is 6.44. The van der Waals surface area contributed by atoms with Crippen molar-refractivity contribution < 1.29 is 4.39 Å². The van der Waals surface area contributed by atoms with Crippen LogP contribution in [-0.4, -0.2) is 9.97 Å². The second kappa shape index (κ2) is 7.13. The van der Waals surface area contributed by atoms with Crippen molar-refractivity contribution in [1.29, 1.82) is 0 Å². The van der Waals surface area contributed by atoms with E-state index in [0.29, 0.717) is 6.54 Å². The van der Waals surface area contributed by atoms with Gasteiger partial charge in [0.15, 0.2) is 0 Å². The number of hydrogen-bond donors (Lipinski definition) is 1. The van der Waals surface area contributed by atoms with E-state index in [0.717, 1.165) is 39.1 Å². The van der Waals surface area contributed by atoms with Gasteiger partial charge in [-0.25, -0.2) is 14.4 Å². The Morgan fingerprint density at radius 1 is 1.20 bits per heavy atom. The minimum absolute atomic E-state index is 0.249. The van der Waals surface area contributed by atoms with Gasteiger partial charge < -0.3 is 5.32 Å². The molecule has 0 unspecified atom stereocenters. The largest absolute Gasteiger partial charge is 0.366 e. The third-order valence-electron chi connectivity index (χ3n) is 2.68. The fraction of sp³-hybridized carbons (Fsp3) is 0.286. The van der Waals surface area contributed by atoms with Crippen LogP contribution >= 0.6 is 31.9 Å². The molecule has 106 valence electrons. The molecule has 1 aromatic heterocycles. The highest BCUT2D eigenvalue weighted by molar-refractivity contribution is 9.10. The standard InChI is InChI=1S/C14H14Br2FN3/c1-2-3-13-19-12(16)7-14(20-13)18-8-9-6-10(17)4-5-11(9)15/h4-7H,2-3,8H2,1H3,(H,18,19,20). The maximum Gasteiger partial charge on any atom is 0.132 e. The molecule has 2 rings (SSSR count). The Morgan fingerprint density at radius 2 is 2.00 bits per heavy atom. The molecule has 0 aliphatic rings. The normalized spacial score (nSPS) is 10.6. The Labute approximate surface area is 134 Å². The first kappa shape index (κ1) is 15.4. The molecule has 0 aliphatic carbocycles. The summed E-state index contributed by atoms with van der Waals surface area (Å²) < 4.78 is 14.8. The summed E-state index contributed by atoms with van der Waals surface area (Å²) in [4.78, 5) is 8.74. The Morgan fingerprint density at radius 3 is 2.75 bits per heavy atom. The SMILES string of the molecule is CCCc1nc(Br)cc(NCc2cc(F)ccc2Br)n1. The molecule has 2 aromatic rings. The van der Waals surface area contributed by atoms with Crippen molar-refractivity contribution in [3.05, 3.63) is 50.5 Å². The van der Waals surface area contributed by atoms with Crippen molar-refractivity contribution in [1.82, 2.24) is 9.97 Å². The van der Waals surface area contributed by atoms with Gasteiger partial charge in [-0.1, -0.05) is 22.9 Å². The van der Waals surface area contributed by atoms with Gasteiger partial charge in [0.05, 0.1) is 0 Å². The molecule has 0 saturated heterocycles. The van der Waals surface area contributed by atoms with Gasteiger partial charge in [0.2, 0.25) is 0 Å². The summed E-state index contributed by atoms with van der Waals surface area (Å²) in [5.41, 5.74) is 0.844. The van der Waals surface area contributed by atoms with Crippen molar-refractivity contribution in [2.75, 3.05) is 5.32 Å². The minimum atomic E-state index is -0.249. The maximum absolute atomic E-state index is 13.2. The average molecular weight is 403 g/mol. The maximum atomic E-state index is 13.2. The molecule has 20 heavy (non-hydrogen) atoms. The van der Waals surface area contributed by atoms with Crippen LogP contribution in [0.15, 0.2) is 33.3 Å². The summed E-state index contributed by atoms with van der Waals surface area (Å²) >= 11 is 6.78. The highest BCUT2D eigenvalue weighted by atomic mass is 79.9. The zero-order chi connectivity index (χ0) is 14.5. The molecule has 1 aromatic carbocycles. The fourth-order valence-electron chi connectivity index (χ4n) is 1.76. The smallest absolute Gasteiger partial charge is 0.132 e. The highest BCUT2D eigenvalue weighted by Gasteiger charge is 2.05. The second-order valence-corrected chi connectivity index (χ2v) is 6.00. The van der Waals surface area contributed by atoms with E-state index in [1.165, 1.54) is 12.1 Å². The molecule has 6 heteroatoms. The van der Waals surface area contributed by atoms with Crippen LogP contribution in [0.5, 0.6) is 0 Å². The molecule has 0 spiro atoms. The van der Waals surface area contributed by atoms with Crippen LogP contribution in [0.3, 0.4) is 0 Å². The number of halogens is 3. The molecule has 0 saturated carbocycles. The Bertz CT molecular complexity index is 605. The molecular formula is C14H14Br2FN3. The Balaban J connectivity index is 2.12. The molecule has 1 heterocycles. The van der Waals surface area contributed by atoms with Gasteiger partial charge in [-0.15, -0.1) is 0 Å². The van der Waals surface area contributed by atoms with Gasteiger partial charge in [0.1, 0.15) is 22.1 Å². The molecule has 3 nitrogen and oxygen atoms in total. The van der Waals surface area contributed by atoms with Crippen LogP contribution < -0.4 is 5.32 Å². The number of hydrogen-bond acceptors (Lipinski definition) is 3. The molecule has 0 radical (unpaired) electrons.